The molecule has 2 atom stereocenters. The molecule has 5 nitrogen and oxygen atoms in total. The van der Waals surface area contributed by atoms with Crippen molar-refractivity contribution in [2.45, 2.75) is 44.2 Å². The van der Waals surface area contributed by atoms with Crippen LogP contribution in [0.5, 0.6) is 5.75 Å². The molecule has 1 aliphatic heterocycles. The Morgan fingerprint density at radius 2 is 1.93 bits per heavy atom. The molecule has 1 saturated heterocycles. The van der Waals surface area contributed by atoms with Crippen molar-refractivity contribution in [1.29, 1.82) is 0 Å². The highest BCUT2D eigenvalue weighted by Gasteiger charge is 2.24. The first-order valence-corrected chi connectivity index (χ1v) is 10.2. The van der Waals surface area contributed by atoms with Crippen LogP contribution in [-0.2, 0) is 0 Å². The Labute approximate surface area is 172 Å². The summed E-state index contributed by atoms with van der Waals surface area (Å²) in [6.07, 6.45) is 5.25. The third kappa shape index (κ3) is 6.02. The lowest BCUT2D eigenvalue weighted by molar-refractivity contribution is 0.0792. The SMILES string of the molecule is COc1cccc(C(=O)N(C)CCCCCC2CC(c3ccc(F)cc3)NN2)c1. The van der Waals surface area contributed by atoms with Crippen molar-refractivity contribution in [3.8, 4) is 5.75 Å². The van der Waals surface area contributed by atoms with Gasteiger partial charge in [0.15, 0.2) is 0 Å². The van der Waals surface area contributed by atoms with Crippen molar-refractivity contribution >= 4 is 5.91 Å². The van der Waals surface area contributed by atoms with Crippen LogP contribution >= 0.6 is 0 Å². The van der Waals surface area contributed by atoms with E-state index in [1.165, 1.54) is 12.1 Å². The molecular formula is C23H30FN3O2. The Morgan fingerprint density at radius 3 is 2.69 bits per heavy atom. The summed E-state index contributed by atoms with van der Waals surface area (Å²) >= 11 is 0. The zero-order valence-corrected chi connectivity index (χ0v) is 17.2. The van der Waals surface area contributed by atoms with E-state index in [4.69, 9.17) is 4.74 Å². The topological polar surface area (TPSA) is 53.6 Å². The normalized spacial score (nSPS) is 18.6. The maximum absolute atomic E-state index is 13.1. The van der Waals surface area contributed by atoms with Crippen molar-refractivity contribution in [1.82, 2.24) is 15.8 Å². The Hall–Kier alpha value is -2.44. The molecule has 0 spiro atoms. The molecule has 3 rings (SSSR count). The van der Waals surface area contributed by atoms with E-state index in [-0.39, 0.29) is 17.8 Å². The number of ether oxygens (including phenoxy) is 1. The van der Waals surface area contributed by atoms with E-state index in [9.17, 15) is 9.18 Å². The van der Waals surface area contributed by atoms with Crippen molar-refractivity contribution in [3.05, 3.63) is 65.5 Å². The lowest BCUT2D eigenvalue weighted by Gasteiger charge is -2.17. The number of rotatable bonds is 9. The Morgan fingerprint density at radius 1 is 1.14 bits per heavy atom. The first-order valence-electron chi connectivity index (χ1n) is 10.2. The summed E-state index contributed by atoms with van der Waals surface area (Å²) in [4.78, 5) is 14.3. The van der Waals surface area contributed by atoms with E-state index >= 15 is 0 Å². The molecule has 0 aromatic heterocycles. The molecule has 0 saturated carbocycles. The van der Waals surface area contributed by atoms with Crippen molar-refractivity contribution < 1.29 is 13.9 Å². The number of carbonyl (C=O) groups excluding carboxylic acids is 1. The molecule has 29 heavy (non-hydrogen) atoms. The summed E-state index contributed by atoms with van der Waals surface area (Å²) in [5, 5.41) is 0. The molecular weight excluding hydrogens is 369 g/mol. The van der Waals surface area contributed by atoms with Gasteiger partial charge in [0.05, 0.1) is 7.11 Å². The maximum atomic E-state index is 13.1. The summed E-state index contributed by atoms with van der Waals surface area (Å²) in [6, 6.07) is 14.6. The van der Waals surface area contributed by atoms with Crippen LogP contribution in [-0.4, -0.2) is 37.6 Å². The molecule has 2 aromatic carbocycles. The van der Waals surface area contributed by atoms with Crippen LogP contribution < -0.4 is 15.6 Å². The van der Waals surface area contributed by atoms with Gasteiger partial charge in [0.2, 0.25) is 0 Å². The molecule has 0 radical (unpaired) electrons. The van der Waals surface area contributed by atoms with Gasteiger partial charge in [-0.3, -0.25) is 15.6 Å². The van der Waals surface area contributed by atoms with E-state index in [0.29, 0.717) is 17.4 Å². The van der Waals surface area contributed by atoms with E-state index in [0.717, 1.165) is 44.2 Å². The number of benzene rings is 2. The number of nitrogens with one attached hydrogen (secondary N) is 2. The average molecular weight is 400 g/mol. The molecule has 156 valence electrons. The van der Waals surface area contributed by atoms with Gasteiger partial charge in [-0.25, -0.2) is 4.39 Å². The Balaban J connectivity index is 1.33. The average Bonchev–Trinajstić information content (AvgIpc) is 3.22. The standard InChI is InChI=1S/C23H30FN3O2/c1-27(23(28)18-7-6-9-21(15-18)29-2)14-5-3-4-8-20-16-22(26-25-20)17-10-12-19(24)13-11-17/h6-7,9-13,15,20,22,25-26H,3-5,8,14,16H2,1-2H3. The minimum absolute atomic E-state index is 0.0210. The van der Waals surface area contributed by atoms with Gasteiger partial charge in [0.25, 0.3) is 5.91 Å². The smallest absolute Gasteiger partial charge is 0.253 e. The van der Waals surface area contributed by atoms with Gasteiger partial charge >= 0.3 is 0 Å². The van der Waals surface area contributed by atoms with Crippen molar-refractivity contribution in [2.75, 3.05) is 20.7 Å². The molecule has 1 fully saturated rings. The molecule has 1 heterocycles. The van der Waals surface area contributed by atoms with Crippen LogP contribution in [0.2, 0.25) is 0 Å². The van der Waals surface area contributed by atoms with E-state index in [1.807, 2.05) is 37.4 Å². The second-order valence-electron chi connectivity index (χ2n) is 7.63. The van der Waals surface area contributed by atoms with Gasteiger partial charge in [0, 0.05) is 31.2 Å². The van der Waals surface area contributed by atoms with Crippen molar-refractivity contribution in [3.63, 3.8) is 0 Å². The van der Waals surface area contributed by atoms with Crippen LogP contribution in [0.15, 0.2) is 48.5 Å². The molecule has 1 aliphatic rings. The quantitative estimate of drug-likeness (QED) is 0.624. The number of methoxy groups -OCH3 is 1. The first kappa shape index (κ1) is 21.3. The second kappa shape index (κ2) is 10.4. The van der Waals surface area contributed by atoms with Crippen LogP contribution in [0.3, 0.4) is 0 Å². The fourth-order valence-electron chi connectivity index (χ4n) is 3.72. The van der Waals surface area contributed by atoms with Crippen molar-refractivity contribution in [2.24, 2.45) is 0 Å². The zero-order valence-electron chi connectivity index (χ0n) is 17.2. The minimum Gasteiger partial charge on any atom is -0.497 e. The number of hydrazine groups is 1. The highest BCUT2D eigenvalue weighted by Crippen LogP contribution is 2.24. The van der Waals surface area contributed by atoms with Gasteiger partial charge in [-0.2, -0.15) is 0 Å². The molecule has 0 aliphatic carbocycles. The van der Waals surface area contributed by atoms with Gasteiger partial charge < -0.3 is 9.64 Å². The summed E-state index contributed by atoms with van der Waals surface area (Å²) in [5.74, 6) is 0.514. The molecule has 2 aromatic rings. The van der Waals surface area contributed by atoms with Crippen LogP contribution in [0, 0.1) is 5.82 Å². The summed E-state index contributed by atoms with van der Waals surface area (Å²) in [5.41, 5.74) is 8.42. The highest BCUT2D eigenvalue weighted by molar-refractivity contribution is 5.94. The number of nitrogens with zero attached hydrogens (tertiary/aromatic N) is 1. The fourth-order valence-corrected chi connectivity index (χ4v) is 3.72. The number of unbranched alkanes of at least 4 members (excludes halogenated alkanes) is 2. The lowest BCUT2D eigenvalue weighted by atomic mass is 9.99. The summed E-state index contributed by atoms with van der Waals surface area (Å²) in [7, 11) is 3.45. The summed E-state index contributed by atoms with van der Waals surface area (Å²) in [6.45, 7) is 0.741. The zero-order chi connectivity index (χ0) is 20.6. The minimum atomic E-state index is -0.203. The van der Waals surface area contributed by atoms with E-state index in [2.05, 4.69) is 10.9 Å². The second-order valence-corrected chi connectivity index (χ2v) is 7.63. The number of hydrogen-bond acceptors (Lipinski definition) is 4. The third-order valence-electron chi connectivity index (χ3n) is 5.46. The van der Waals surface area contributed by atoms with E-state index in [1.54, 1.807) is 18.1 Å². The molecule has 1 amide bonds. The third-order valence-corrected chi connectivity index (χ3v) is 5.46. The number of hydrogen-bond donors (Lipinski definition) is 2. The number of amides is 1. The number of carbonyl (C=O) groups is 1. The van der Waals surface area contributed by atoms with Crippen LogP contribution in [0.25, 0.3) is 0 Å². The van der Waals surface area contributed by atoms with Gasteiger partial charge in [-0.15, -0.1) is 0 Å². The van der Waals surface area contributed by atoms with Gasteiger partial charge in [-0.05, 0) is 55.2 Å². The van der Waals surface area contributed by atoms with E-state index < -0.39 is 0 Å². The lowest BCUT2D eigenvalue weighted by Crippen LogP contribution is -2.30. The monoisotopic (exact) mass is 399 g/mol. The van der Waals surface area contributed by atoms with Crippen LogP contribution in [0.4, 0.5) is 4.39 Å². The first-order chi connectivity index (χ1) is 14.1. The van der Waals surface area contributed by atoms with Gasteiger partial charge in [0.1, 0.15) is 11.6 Å². The molecule has 0 bridgehead atoms. The summed E-state index contributed by atoms with van der Waals surface area (Å²) < 4.78 is 18.2. The predicted octanol–water partition coefficient (Wildman–Crippen LogP) is 4.07. The van der Waals surface area contributed by atoms with Crippen LogP contribution in [0.1, 0.15) is 54.1 Å². The highest BCUT2D eigenvalue weighted by atomic mass is 19.1. The predicted molar refractivity (Wildman–Crippen MR) is 112 cm³/mol. The molecule has 2 N–H and O–H groups in total. The van der Waals surface area contributed by atoms with Gasteiger partial charge in [-0.1, -0.05) is 31.0 Å². The maximum Gasteiger partial charge on any atom is 0.253 e. The largest absolute Gasteiger partial charge is 0.497 e. The fraction of sp³-hybridized carbons (Fsp3) is 0.435. The number of halogens is 1. The Kier molecular flexibility index (Phi) is 7.61. The molecule has 2 unspecified atom stereocenters. The molecule has 6 heteroatoms. The Bertz CT molecular complexity index is 797.